The van der Waals surface area contributed by atoms with E-state index in [-0.39, 0.29) is 23.6 Å². The largest absolute Gasteiger partial charge is 0.357 e. The highest BCUT2D eigenvalue weighted by Gasteiger charge is 2.26. The van der Waals surface area contributed by atoms with Crippen molar-refractivity contribution in [3.63, 3.8) is 0 Å². The molecule has 0 heterocycles. The summed E-state index contributed by atoms with van der Waals surface area (Å²) in [7, 11) is 1.50. The van der Waals surface area contributed by atoms with Crippen molar-refractivity contribution < 1.29 is 14.4 Å². The van der Waals surface area contributed by atoms with Crippen LogP contribution in [0.15, 0.2) is 0 Å². The Morgan fingerprint density at radius 1 is 1.00 bits per heavy atom. The highest BCUT2D eigenvalue weighted by atomic mass is 16.2. The van der Waals surface area contributed by atoms with Crippen LogP contribution in [0.5, 0.6) is 0 Å². The summed E-state index contributed by atoms with van der Waals surface area (Å²) in [5, 5.41) is 7.67. The molecule has 0 aromatic rings. The molecule has 0 aliphatic rings. The fourth-order valence-electron chi connectivity index (χ4n) is 1.40. The molecule has 0 saturated heterocycles. The lowest BCUT2D eigenvalue weighted by Crippen LogP contribution is -2.54. The molecular weight excluding hydrogens is 234 g/mol. The Bertz CT molecular complexity index is 316. The smallest absolute Gasteiger partial charge is 0.243 e. The summed E-state index contributed by atoms with van der Waals surface area (Å²) in [6, 6.07) is -1.24. The molecule has 0 saturated carbocycles. The van der Waals surface area contributed by atoms with Crippen molar-refractivity contribution >= 4 is 17.7 Å². The third kappa shape index (κ3) is 5.16. The number of nitrogens with one attached hydrogen (secondary N) is 3. The van der Waals surface area contributed by atoms with E-state index in [1.165, 1.54) is 7.05 Å². The van der Waals surface area contributed by atoms with Gasteiger partial charge in [-0.2, -0.15) is 0 Å². The number of amides is 3. The van der Waals surface area contributed by atoms with Gasteiger partial charge < -0.3 is 16.0 Å². The number of rotatable bonds is 6. The normalized spacial score (nSPS) is 13.7. The molecule has 0 spiro atoms. The van der Waals surface area contributed by atoms with E-state index in [1.807, 2.05) is 13.8 Å². The molecule has 2 atom stereocenters. The first kappa shape index (κ1) is 16.4. The van der Waals surface area contributed by atoms with E-state index < -0.39 is 12.1 Å². The van der Waals surface area contributed by atoms with E-state index in [4.69, 9.17) is 0 Å². The number of hydrogen-bond acceptors (Lipinski definition) is 3. The van der Waals surface area contributed by atoms with Gasteiger partial charge in [0.1, 0.15) is 12.1 Å². The fraction of sp³-hybridized carbons (Fsp3) is 0.750. The number of hydrogen-bond donors (Lipinski definition) is 3. The summed E-state index contributed by atoms with van der Waals surface area (Å²) in [6.45, 7) is 6.99. The monoisotopic (exact) mass is 257 g/mol. The van der Waals surface area contributed by atoms with Crippen LogP contribution in [0.2, 0.25) is 0 Å². The van der Waals surface area contributed by atoms with Crippen LogP contribution in [0.4, 0.5) is 0 Å². The van der Waals surface area contributed by atoms with Crippen LogP contribution in [0.3, 0.4) is 0 Å². The molecule has 0 aromatic heterocycles. The van der Waals surface area contributed by atoms with Crippen LogP contribution in [0.25, 0.3) is 0 Å². The van der Waals surface area contributed by atoms with Crippen LogP contribution >= 0.6 is 0 Å². The Balaban J connectivity index is 4.58. The zero-order valence-electron chi connectivity index (χ0n) is 11.7. The van der Waals surface area contributed by atoms with Crippen molar-refractivity contribution in [2.45, 2.75) is 46.2 Å². The van der Waals surface area contributed by atoms with E-state index in [1.54, 1.807) is 13.8 Å². The molecule has 6 heteroatoms. The van der Waals surface area contributed by atoms with Gasteiger partial charge in [0.05, 0.1) is 0 Å². The Morgan fingerprint density at radius 2 is 1.56 bits per heavy atom. The van der Waals surface area contributed by atoms with Crippen molar-refractivity contribution in [3.05, 3.63) is 0 Å². The SMILES string of the molecule is CCC(=O)N[C@H](C(=O)N[C@@H](C)C(=O)NC)C(C)C. The minimum atomic E-state index is -0.623. The second-order valence-corrected chi connectivity index (χ2v) is 4.49. The summed E-state index contributed by atoms with van der Waals surface area (Å²) >= 11 is 0. The predicted molar refractivity (Wildman–Crippen MR) is 68.7 cm³/mol. The van der Waals surface area contributed by atoms with Crippen LogP contribution in [-0.4, -0.2) is 36.9 Å². The van der Waals surface area contributed by atoms with Crippen LogP contribution in [0, 0.1) is 5.92 Å². The standard InChI is InChI=1S/C12H23N3O3/c1-6-9(16)15-10(7(2)3)12(18)14-8(4)11(17)13-5/h7-8,10H,6H2,1-5H3,(H,13,17)(H,14,18)(H,15,16)/t8-,10-/m0/s1. The molecule has 0 unspecified atom stereocenters. The quantitative estimate of drug-likeness (QED) is 0.615. The first-order valence-electron chi connectivity index (χ1n) is 6.14. The number of carbonyl (C=O) groups is 3. The lowest BCUT2D eigenvalue weighted by atomic mass is 10.0. The molecule has 0 aliphatic carbocycles. The maximum Gasteiger partial charge on any atom is 0.243 e. The molecule has 0 aromatic carbocycles. The molecule has 0 aliphatic heterocycles. The lowest BCUT2D eigenvalue weighted by Gasteiger charge is -2.23. The topological polar surface area (TPSA) is 87.3 Å². The molecule has 0 bridgehead atoms. The minimum absolute atomic E-state index is 0.0441. The van der Waals surface area contributed by atoms with Gasteiger partial charge in [-0.25, -0.2) is 0 Å². The first-order chi connectivity index (χ1) is 8.33. The highest BCUT2D eigenvalue weighted by Crippen LogP contribution is 2.03. The second kappa shape index (κ2) is 7.68. The van der Waals surface area contributed by atoms with E-state index in [0.29, 0.717) is 6.42 Å². The molecule has 0 radical (unpaired) electrons. The minimum Gasteiger partial charge on any atom is -0.357 e. The van der Waals surface area contributed by atoms with Gasteiger partial charge in [-0.3, -0.25) is 14.4 Å². The van der Waals surface area contributed by atoms with E-state index in [9.17, 15) is 14.4 Å². The third-order valence-electron chi connectivity index (χ3n) is 2.59. The van der Waals surface area contributed by atoms with Gasteiger partial charge in [-0.15, -0.1) is 0 Å². The average Bonchev–Trinajstić information content (AvgIpc) is 2.33. The molecule has 0 fully saturated rings. The summed E-state index contributed by atoms with van der Waals surface area (Å²) in [5.74, 6) is -0.843. The fourth-order valence-corrected chi connectivity index (χ4v) is 1.40. The zero-order chi connectivity index (χ0) is 14.3. The Labute approximate surface area is 108 Å². The van der Waals surface area contributed by atoms with Gasteiger partial charge in [0.15, 0.2) is 0 Å². The van der Waals surface area contributed by atoms with Gasteiger partial charge in [-0.1, -0.05) is 20.8 Å². The molecule has 0 rings (SSSR count). The maximum absolute atomic E-state index is 12.0. The number of likely N-dealkylation sites (N-methyl/N-ethyl adjacent to an activating group) is 1. The van der Waals surface area contributed by atoms with Crippen molar-refractivity contribution in [1.82, 2.24) is 16.0 Å². The summed E-state index contributed by atoms with van der Waals surface area (Å²) < 4.78 is 0. The van der Waals surface area contributed by atoms with Gasteiger partial charge in [-0.05, 0) is 12.8 Å². The van der Waals surface area contributed by atoms with Crippen LogP contribution in [-0.2, 0) is 14.4 Å². The van der Waals surface area contributed by atoms with E-state index >= 15 is 0 Å². The molecular formula is C12H23N3O3. The molecule has 3 N–H and O–H groups in total. The van der Waals surface area contributed by atoms with Crippen molar-refractivity contribution in [2.75, 3.05) is 7.05 Å². The van der Waals surface area contributed by atoms with E-state index in [0.717, 1.165) is 0 Å². The molecule has 104 valence electrons. The van der Waals surface area contributed by atoms with Gasteiger partial charge in [0.2, 0.25) is 17.7 Å². The summed E-state index contributed by atoms with van der Waals surface area (Å²) in [4.78, 5) is 34.6. The summed E-state index contributed by atoms with van der Waals surface area (Å²) in [6.07, 6.45) is 0.321. The molecule has 3 amide bonds. The van der Waals surface area contributed by atoms with Gasteiger partial charge in [0.25, 0.3) is 0 Å². The molecule has 18 heavy (non-hydrogen) atoms. The zero-order valence-corrected chi connectivity index (χ0v) is 11.7. The number of carbonyl (C=O) groups excluding carboxylic acids is 3. The Hall–Kier alpha value is -1.59. The van der Waals surface area contributed by atoms with Crippen molar-refractivity contribution in [2.24, 2.45) is 5.92 Å². The van der Waals surface area contributed by atoms with Crippen molar-refractivity contribution in [3.8, 4) is 0 Å². The maximum atomic E-state index is 12.0. The summed E-state index contributed by atoms with van der Waals surface area (Å²) in [5.41, 5.74) is 0. The average molecular weight is 257 g/mol. The lowest BCUT2D eigenvalue weighted by molar-refractivity contribution is -0.132. The Morgan fingerprint density at radius 3 is 1.94 bits per heavy atom. The van der Waals surface area contributed by atoms with Gasteiger partial charge in [0, 0.05) is 13.5 Å². The van der Waals surface area contributed by atoms with Crippen LogP contribution < -0.4 is 16.0 Å². The Kier molecular flexibility index (Phi) is 7.00. The third-order valence-corrected chi connectivity index (χ3v) is 2.59. The van der Waals surface area contributed by atoms with Crippen LogP contribution in [0.1, 0.15) is 34.1 Å². The first-order valence-corrected chi connectivity index (χ1v) is 6.14. The molecule has 6 nitrogen and oxygen atoms in total. The highest BCUT2D eigenvalue weighted by molar-refractivity contribution is 5.91. The predicted octanol–water partition coefficient (Wildman–Crippen LogP) is -0.212. The van der Waals surface area contributed by atoms with Crippen molar-refractivity contribution in [1.29, 1.82) is 0 Å². The van der Waals surface area contributed by atoms with E-state index in [2.05, 4.69) is 16.0 Å². The van der Waals surface area contributed by atoms with Gasteiger partial charge >= 0.3 is 0 Å². The second-order valence-electron chi connectivity index (χ2n) is 4.49.